The summed E-state index contributed by atoms with van der Waals surface area (Å²) in [7, 11) is 0. The van der Waals surface area contributed by atoms with Gasteiger partial charge in [0.2, 0.25) is 5.95 Å². The van der Waals surface area contributed by atoms with E-state index in [1.54, 1.807) is 13.1 Å². The molecule has 0 aliphatic heterocycles. The van der Waals surface area contributed by atoms with Crippen molar-refractivity contribution in [3.63, 3.8) is 0 Å². The molecule has 0 spiro atoms. The summed E-state index contributed by atoms with van der Waals surface area (Å²) < 4.78 is 0. The van der Waals surface area contributed by atoms with Crippen LogP contribution in [-0.4, -0.2) is 28.0 Å². The van der Waals surface area contributed by atoms with E-state index in [-0.39, 0.29) is 5.95 Å². The van der Waals surface area contributed by atoms with Crippen LogP contribution in [0.25, 0.3) is 0 Å². The number of hydrogen-bond acceptors (Lipinski definition) is 6. The number of aryl methyl sites for hydroxylation is 2. The van der Waals surface area contributed by atoms with Crippen LogP contribution in [0.2, 0.25) is 5.02 Å². The predicted molar refractivity (Wildman–Crippen MR) is 82.1 cm³/mol. The molecule has 2 heterocycles. The maximum Gasteiger partial charge on any atom is 0.222 e. The maximum atomic E-state index is 6.11. The van der Waals surface area contributed by atoms with Gasteiger partial charge in [-0.3, -0.25) is 4.98 Å². The number of pyridine rings is 1. The van der Waals surface area contributed by atoms with E-state index in [9.17, 15) is 0 Å². The molecule has 2 aromatic rings. The molecule has 0 aliphatic rings. The van der Waals surface area contributed by atoms with Crippen LogP contribution in [0.3, 0.4) is 0 Å². The van der Waals surface area contributed by atoms with Gasteiger partial charge in [0.05, 0.1) is 5.69 Å². The van der Waals surface area contributed by atoms with E-state index >= 15 is 0 Å². The van der Waals surface area contributed by atoms with Crippen LogP contribution in [0.4, 0.5) is 17.5 Å². The zero-order chi connectivity index (χ0) is 14.5. The predicted octanol–water partition coefficient (Wildman–Crippen LogP) is 2.25. The van der Waals surface area contributed by atoms with Crippen LogP contribution in [0.1, 0.15) is 11.3 Å². The van der Waals surface area contributed by atoms with Crippen molar-refractivity contribution in [2.45, 2.75) is 13.8 Å². The van der Waals surface area contributed by atoms with Crippen LogP contribution in [-0.2, 0) is 0 Å². The van der Waals surface area contributed by atoms with Gasteiger partial charge < -0.3 is 16.4 Å². The molecule has 20 heavy (non-hydrogen) atoms. The highest BCUT2D eigenvalue weighted by Crippen LogP contribution is 2.22. The monoisotopic (exact) mass is 292 g/mol. The SMILES string of the molecule is Cc1cnccc1NCCNc1nc(N)nc(C)c1Cl. The van der Waals surface area contributed by atoms with Crippen molar-refractivity contribution in [1.29, 1.82) is 0 Å². The lowest BCUT2D eigenvalue weighted by molar-refractivity contribution is 1.03. The molecule has 0 fully saturated rings. The van der Waals surface area contributed by atoms with Gasteiger partial charge in [-0.05, 0) is 25.5 Å². The summed E-state index contributed by atoms with van der Waals surface area (Å²) >= 11 is 6.11. The minimum absolute atomic E-state index is 0.215. The molecular formula is C13H17ClN6. The van der Waals surface area contributed by atoms with Crippen LogP contribution in [0, 0.1) is 13.8 Å². The molecule has 0 saturated heterocycles. The van der Waals surface area contributed by atoms with Crippen LogP contribution in [0.15, 0.2) is 18.5 Å². The number of nitrogens with zero attached hydrogens (tertiary/aromatic N) is 3. The van der Waals surface area contributed by atoms with Crippen LogP contribution < -0.4 is 16.4 Å². The zero-order valence-corrected chi connectivity index (χ0v) is 12.2. The number of anilines is 3. The summed E-state index contributed by atoms with van der Waals surface area (Å²) in [5, 5.41) is 6.95. The number of nitrogens with two attached hydrogens (primary N) is 1. The first-order chi connectivity index (χ1) is 9.58. The van der Waals surface area contributed by atoms with Crippen molar-refractivity contribution in [1.82, 2.24) is 15.0 Å². The smallest absolute Gasteiger partial charge is 0.222 e. The minimum Gasteiger partial charge on any atom is -0.383 e. The van der Waals surface area contributed by atoms with Gasteiger partial charge in [-0.15, -0.1) is 0 Å². The number of aromatic nitrogens is 3. The molecular weight excluding hydrogens is 276 g/mol. The van der Waals surface area contributed by atoms with Gasteiger partial charge in [0, 0.05) is 31.2 Å². The van der Waals surface area contributed by atoms with Gasteiger partial charge in [-0.2, -0.15) is 4.98 Å². The van der Waals surface area contributed by atoms with Crippen molar-refractivity contribution >= 4 is 29.1 Å². The Morgan fingerprint density at radius 1 is 1.20 bits per heavy atom. The van der Waals surface area contributed by atoms with E-state index in [0.29, 0.717) is 23.1 Å². The van der Waals surface area contributed by atoms with E-state index in [1.807, 2.05) is 19.2 Å². The van der Waals surface area contributed by atoms with Gasteiger partial charge in [-0.1, -0.05) is 11.6 Å². The lowest BCUT2D eigenvalue weighted by Crippen LogP contribution is -2.16. The molecule has 2 rings (SSSR count). The Bertz CT molecular complexity index is 601. The van der Waals surface area contributed by atoms with Gasteiger partial charge >= 0.3 is 0 Å². The third kappa shape index (κ3) is 3.48. The van der Waals surface area contributed by atoms with Gasteiger partial charge in [-0.25, -0.2) is 4.98 Å². The Kier molecular flexibility index (Phi) is 4.57. The number of nitrogens with one attached hydrogen (secondary N) is 2. The fourth-order valence-corrected chi connectivity index (χ4v) is 1.90. The summed E-state index contributed by atoms with van der Waals surface area (Å²) in [4.78, 5) is 12.1. The maximum absolute atomic E-state index is 6.11. The fourth-order valence-electron chi connectivity index (χ4n) is 1.75. The second-order valence-electron chi connectivity index (χ2n) is 4.37. The van der Waals surface area contributed by atoms with Gasteiger partial charge in [0.25, 0.3) is 0 Å². The number of hydrogen-bond donors (Lipinski definition) is 3. The van der Waals surface area contributed by atoms with E-state index in [2.05, 4.69) is 25.6 Å². The normalized spacial score (nSPS) is 10.3. The highest BCUT2D eigenvalue weighted by molar-refractivity contribution is 6.33. The Labute approximate surface area is 122 Å². The Morgan fingerprint density at radius 2 is 1.95 bits per heavy atom. The van der Waals surface area contributed by atoms with Crippen LogP contribution in [0.5, 0.6) is 0 Å². The van der Waals surface area contributed by atoms with E-state index in [4.69, 9.17) is 17.3 Å². The molecule has 7 heteroatoms. The Balaban J connectivity index is 1.89. The molecule has 0 aromatic carbocycles. The number of halogens is 1. The average Bonchev–Trinajstić information content (AvgIpc) is 2.41. The minimum atomic E-state index is 0.215. The van der Waals surface area contributed by atoms with Gasteiger partial charge in [0.15, 0.2) is 5.82 Å². The van der Waals surface area contributed by atoms with E-state index < -0.39 is 0 Å². The number of rotatable bonds is 5. The molecule has 106 valence electrons. The summed E-state index contributed by atoms with van der Waals surface area (Å²) in [5.41, 5.74) is 8.43. The average molecular weight is 293 g/mol. The summed E-state index contributed by atoms with van der Waals surface area (Å²) in [5.74, 6) is 0.775. The largest absolute Gasteiger partial charge is 0.383 e. The molecule has 0 radical (unpaired) electrons. The first-order valence-corrected chi connectivity index (χ1v) is 6.63. The second kappa shape index (κ2) is 6.38. The van der Waals surface area contributed by atoms with Crippen molar-refractivity contribution < 1.29 is 0 Å². The molecule has 6 nitrogen and oxygen atoms in total. The van der Waals surface area contributed by atoms with Crippen molar-refractivity contribution in [2.24, 2.45) is 0 Å². The van der Waals surface area contributed by atoms with E-state index in [1.165, 1.54) is 0 Å². The standard InChI is InChI=1S/C13H17ClN6/c1-8-7-16-4-3-10(8)17-5-6-18-12-11(14)9(2)19-13(15)20-12/h3-4,7H,5-6H2,1-2H3,(H,16,17)(H3,15,18,19,20). The third-order valence-corrected chi connectivity index (χ3v) is 3.24. The highest BCUT2D eigenvalue weighted by Gasteiger charge is 2.07. The van der Waals surface area contributed by atoms with Crippen molar-refractivity contribution in [2.75, 3.05) is 29.5 Å². The van der Waals surface area contributed by atoms with Gasteiger partial charge in [0.1, 0.15) is 5.02 Å². The fraction of sp³-hybridized carbons (Fsp3) is 0.308. The molecule has 4 N–H and O–H groups in total. The summed E-state index contributed by atoms with van der Waals surface area (Å²) in [6.45, 7) is 5.19. The molecule has 0 atom stereocenters. The Hall–Kier alpha value is -2.08. The van der Waals surface area contributed by atoms with Crippen molar-refractivity contribution in [3.05, 3.63) is 34.7 Å². The summed E-state index contributed by atoms with van der Waals surface area (Å²) in [6, 6.07) is 1.94. The molecule has 0 saturated carbocycles. The van der Waals surface area contributed by atoms with Crippen LogP contribution >= 0.6 is 11.6 Å². The third-order valence-electron chi connectivity index (χ3n) is 2.79. The molecule has 0 amide bonds. The van der Waals surface area contributed by atoms with E-state index in [0.717, 1.165) is 17.8 Å². The highest BCUT2D eigenvalue weighted by atomic mass is 35.5. The van der Waals surface area contributed by atoms with Crippen molar-refractivity contribution in [3.8, 4) is 0 Å². The molecule has 2 aromatic heterocycles. The Morgan fingerprint density at radius 3 is 2.70 bits per heavy atom. The summed E-state index contributed by atoms with van der Waals surface area (Å²) in [6.07, 6.45) is 3.58. The molecule has 0 unspecified atom stereocenters. The topological polar surface area (TPSA) is 88.8 Å². The first kappa shape index (κ1) is 14.3. The quantitative estimate of drug-likeness (QED) is 0.733. The lowest BCUT2D eigenvalue weighted by Gasteiger charge is -2.11. The first-order valence-electron chi connectivity index (χ1n) is 6.26. The molecule has 0 bridgehead atoms. The second-order valence-corrected chi connectivity index (χ2v) is 4.75. The number of nitrogen functional groups attached to an aromatic ring is 1. The zero-order valence-electron chi connectivity index (χ0n) is 11.4. The molecule has 0 aliphatic carbocycles. The lowest BCUT2D eigenvalue weighted by atomic mass is 10.2.